The number of pyridine rings is 1. The highest BCUT2D eigenvalue weighted by Crippen LogP contribution is 2.28. The van der Waals surface area contributed by atoms with Crippen LogP contribution in [0.5, 0.6) is 0 Å². The fraction of sp³-hybridized carbons (Fsp3) is 0.0625. The number of nitrogens with one attached hydrogen (secondary N) is 1. The molecule has 3 aromatic rings. The van der Waals surface area contributed by atoms with E-state index in [0.717, 1.165) is 11.2 Å². The number of fused-ring (bicyclic) bond motifs is 1. The van der Waals surface area contributed by atoms with Crippen molar-refractivity contribution >= 4 is 16.6 Å². The third kappa shape index (κ3) is 1.82. The lowest BCUT2D eigenvalue weighted by Crippen LogP contribution is -1.89. The molecule has 2 nitrogen and oxygen atoms in total. The average molecular weight is 234 g/mol. The Morgan fingerprint density at radius 3 is 2.72 bits per heavy atom. The lowest BCUT2D eigenvalue weighted by molar-refractivity contribution is 1.41. The molecule has 18 heavy (non-hydrogen) atoms. The van der Waals surface area contributed by atoms with Gasteiger partial charge in [0.1, 0.15) is 0 Å². The van der Waals surface area contributed by atoms with E-state index in [0.29, 0.717) is 0 Å². The summed E-state index contributed by atoms with van der Waals surface area (Å²) in [5.74, 6) is 0. The highest BCUT2D eigenvalue weighted by atomic mass is 14.8. The van der Waals surface area contributed by atoms with Crippen LogP contribution in [0.3, 0.4) is 0 Å². The van der Waals surface area contributed by atoms with Gasteiger partial charge in [0, 0.05) is 24.3 Å². The number of hydrogen-bond acceptors (Lipinski definition) is 2. The van der Waals surface area contributed by atoms with Gasteiger partial charge < -0.3 is 5.32 Å². The highest BCUT2D eigenvalue weighted by molar-refractivity contribution is 5.94. The quantitative estimate of drug-likeness (QED) is 0.726. The van der Waals surface area contributed by atoms with Crippen LogP contribution in [0.2, 0.25) is 0 Å². The molecule has 0 atom stereocenters. The Hall–Kier alpha value is -2.35. The van der Waals surface area contributed by atoms with E-state index in [9.17, 15) is 0 Å². The molecule has 88 valence electrons. The third-order valence-corrected chi connectivity index (χ3v) is 3.11. The first-order chi connectivity index (χ1) is 8.88. The predicted molar refractivity (Wildman–Crippen MR) is 76.7 cm³/mol. The summed E-state index contributed by atoms with van der Waals surface area (Å²) in [7, 11) is 1.93. The molecule has 2 aromatic carbocycles. The van der Waals surface area contributed by atoms with Gasteiger partial charge in [-0.1, -0.05) is 30.3 Å². The van der Waals surface area contributed by atoms with E-state index in [-0.39, 0.29) is 0 Å². The van der Waals surface area contributed by atoms with Crippen LogP contribution < -0.4 is 5.32 Å². The Kier molecular flexibility index (Phi) is 2.69. The lowest BCUT2D eigenvalue weighted by Gasteiger charge is -2.08. The first-order valence-electron chi connectivity index (χ1n) is 6.00. The van der Waals surface area contributed by atoms with Crippen molar-refractivity contribution in [1.29, 1.82) is 0 Å². The van der Waals surface area contributed by atoms with E-state index in [4.69, 9.17) is 0 Å². The first kappa shape index (κ1) is 10.8. The van der Waals surface area contributed by atoms with E-state index in [1.807, 2.05) is 25.4 Å². The molecule has 0 spiro atoms. The van der Waals surface area contributed by atoms with Gasteiger partial charge in [-0.3, -0.25) is 4.98 Å². The van der Waals surface area contributed by atoms with Gasteiger partial charge in [0.2, 0.25) is 0 Å². The molecule has 1 heterocycles. The van der Waals surface area contributed by atoms with E-state index >= 15 is 0 Å². The Morgan fingerprint density at radius 1 is 0.944 bits per heavy atom. The van der Waals surface area contributed by atoms with Crippen molar-refractivity contribution < 1.29 is 0 Å². The molecule has 0 unspecified atom stereocenters. The van der Waals surface area contributed by atoms with Crippen molar-refractivity contribution in [1.82, 2.24) is 4.98 Å². The van der Waals surface area contributed by atoms with Crippen LogP contribution >= 0.6 is 0 Å². The number of nitrogens with zero attached hydrogens (tertiary/aromatic N) is 1. The topological polar surface area (TPSA) is 24.9 Å². The van der Waals surface area contributed by atoms with Crippen LogP contribution in [0.15, 0.2) is 60.8 Å². The van der Waals surface area contributed by atoms with Crippen molar-refractivity contribution in [2.75, 3.05) is 12.4 Å². The van der Waals surface area contributed by atoms with Crippen molar-refractivity contribution in [2.24, 2.45) is 0 Å². The van der Waals surface area contributed by atoms with Gasteiger partial charge in [-0.2, -0.15) is 0 Å². The van der Waals surface area contributed by atoms with Crippen LogP contribution in [0.25, 0.3) is 22.0 Å². The number of aromatic nitrogens is 1. The zero-order chi connectivity index (χ0) is 12.4. The van der Waals surface area contributed by atoms with Crippen LogP contribution in [-0.4, -0.2) is 12.0 Å². The maximum absolute atomic E-state index is 4.39. The number of hydrogen-bond donors (Lipinski definition) is 1. The number of rotatable bonds is 2. The zero-order valence-electron chi connectivity index (χ0n) is 10.2. The first-order valence-corrected chi connectivity index (χ1v) is 6.00. The maximum Gasteiger partial charge on any atom is 0.0708 e. The summed E-state index contributed by atoms with van der Waals surface area (Å²) >= 11 is 0. The number of anilines is 1. The number of para-hydroxylation sites is 1. The molecule has 0 aliphatic heterocycles. The van der Waals surface area contributed by atoms with Crippen molar-refractivity contribution in [3.8, 4) is 11.1 Å². The molecule has 0 fully saturated rings. The van der Waals surface area contributed by atoms with Crippen LogP contribution in [-0.2, 0) is 0 Å². The highest BCUT2D eigenvalue weighted by Gasteiger charge is 2.04. The zero-order valence-corrected chi connectivity index (χ0v) is 10.2. The molecule has 0 saturated carbocycles. The molecule has 0 saturated heterocycles. The van der Waals surface area contributed by atoms with Crippen molar-refractivity contribution in [3.05, 3.63) is 60.8 Å². The standard InChI is InChI=1S/C16H14N2/c1-17-13-6-4-5-12(11-13)14-9-10-18-16-8-3-2-7-15(14)16/h2-11,17H,1H3. The summed E-state index contributed by atoms with van der Waals surface area (Å²) in [5.41, 5.74) is 4.58. The van der Waals surface area contributed by atoms with Gasteiger partial charge in [0.25, 0.3) is 0 Å². The van der Waals surface area contributed by atoms with Gasteiger partial charge >= 0.3 is 0 Å². The van der Waals surface area contributed by atoms with Crippen molar-refractivity contribution in [3.63, 3.8) is 0 Å². The second kappa shape index (κ2) is 4.49. The molecule has 0 aliphatic carbocycles. The summed E-state index contributed by atoms with van der Waals surface area (Å²) in [5, 5.41) is 4.36. The molecular formula is C16H14N2. The summed E-state index contributed by atoms with van der Waals surface area (Å²) in [6.45, 7) is 0. The minimum Gasteiger partial charge on any atom is -0.388 e. The minimum absolute atomic E-state index is 1.03. The fourth-order valence-electron chi connectivity index (χ4n) is 2.19. The summed E-state index contributed by atoms with van der Waals surface area (Å²) in [4.78, 5) is 4.39. The van der Waals surface area contributed by atoms with E-state index in [1.54, 1.807) is 0 Å². The van der Waals surface area contributed by atoms with Gasteiger partial charge in [-0.25, -0.2) is 0 Å². The summed E-state index contributed by atoms with van der Waals surface area (Å²) in [6.07, 6.45) is 1.86. The Balaban J connectivity index is 2.24. The molecule has 0 amide bonds. The molecule has 3 rings (SSSR count). The minimum atomic E-state index is 1.03. The normalized spacial score (nSPS) is 10.5. The van der Waals surface area contributed by atoms with E-state index < -0.39 is 0 Å². The van der Waals surface area contributed by atoms with Gasteiger partial charge in [-0.05, 0) is 35.4 Å². The van der Waals surface area contributed by atoms with Crippen LogP contribution in [0, 0.1) is 0 Å². The van der Waals surface area contributed by atoms with E-state index in [1.165, 1.54) is 16.5 Å². The van der Waals surface area contributed by atoms with E-state index in [2.05, 4.69) is 52.8 Å². The maximum atomic E-state index is 4.39. The third-order valence-electron chi connectivity index (χ3n) is 3.11. The van der Waals surface area contributed by atoms with Gasteiger partial charge in [0.15, 0.2) is 0 Å². The molecule has 0 aliphatic rings. The van der Waals surface area contributed by atoms with Crippen LogP contribution in [0.4, 0.5) is 5.69 Å². The molecule has 1 N–H and O–H groups in total. The summed E-state index contributed by atoms with van der Waals surface area (Å²) < 4.78 is 0. The van der Waals surface area contributed by atoms with Gasteiger partial charge in [-0.15, -0.1) is 0 Å². The molecule has 1 aromatic heterocycles. The largest absolute Gasteiger partial charge is 0.388 e. The summed E-state index contributed by atoms with van der Waals surface area (Å²) in [6, 6.07) is 18.7. The molecule has 0 radical (unpaired) electrons. The lowest BCUT2D eigenvalue weighted by atomic mass is 10.0. The monoisotopic (exact) mass is 234 g/mol. The average Bonchev–Trinajstić information content (AvgIpc) is 2.47. The van der Waals surface area contributed by atoms with Crippen LogP contribution in [0.1, 0.15) is 0 Å². The predicted octanol–water partition coefficient (Wildman–Crippen LogP) is 3.94. The second-order valence-electron chi connectivity index (χ2n) is 4.21. The fourth-order valence-corrected chi connectivity index (χ4v) is 2.19. The Bertz CT molecular complexity index is 684. The van der Waals surface area contributed by atoms with Crippen molar-refractivity contribution in [2.45, 2.75) is 0 Å². The Morgan fingerprint density at radius 2 is 1.83 bits per heavy atom. The molecule has 0 bridgehead atoms. The number of benzene rings is 2. The second-order valence-corrected chi connectivity index (χ2v) is 4.21. The SMILES string of the molecule is CNc1cccc(-c2ccnc3ccccc23)c1. The smallest absolute Gasteiger partial charge is 0.0708 e. The van der Waals surface area contributed by atoms with Gasteiger partial charge in [0.05, 0.1) is 5.52 Å². The molecule has 2 heteroatoms. The Labute approximate surface area is 106 Å². The molecular weight excluding hydrogens is 220 g/mol.